The first-order valence-electron chi connectivity index (χ1n) is 6.28. The Morgan fingerprint density at radius 3 is 2.67 bits per heavy atom. The highest BCUT2D eigenvalue weighted by Crippen LogP contribution is 2.37. The Hall–Kier alpha value is -1.58. The zero-order chi connectivity index (χ0) is 13.2. The van der Waals surface area contributed by atoms with Gasteiger partial charge in [0.25, 0.3) is 0 Å². The molecule has 98 valence electrons. The molecule has 0 saturated heterocycles. The Morgan fingerprint density at radius 2 is 2.11 bits per heavy atom. The summed E-state index contributed by atoms with van der Waals surface area (Å²) < 4.78 is 19.5. The van der Waals surface area contributed by atoms with E-state index in [2.05, 4.69) is 0 Å². The van der Waals surface area contributed by atoms with Crippen molar-refractivity contribution in [2.45, 2.75) is 44.6 Å². The lowest BCUT2D eigenvalue weighted by molar-refractivity contribution is 0.0647. The maximum absolute atomic E-state index is 13.7. The Morgan fingerprint density at radius 1 is 1.44 bits per heavy atom. The molecule has 0 heterocycles. The van der Waals surface area contributed by atoms with Gasteiger partial charge in [-0.1, -0.05) is 6.92 Å². The third kappa shape index (κ3) is 2.47. The van der Waals surface area contributed by atoms with Gasteiger partial charge in [0.05, 0.1) is 5.56 Å². The SMILES string of the molecule is CCC1(Oc2cc(C(=O)O)ccc2F)CCCC1. The fourth-order valence-electron chi connectivity index (χ4n) is 2.49. The molecular weight excluding hydrogens is 235 g/mol. The summed E-state index contributed by atoms with van der Waals surface area (Å²) >= 11 is 0. The molecule has 1 aromatic carbocycles. The molecule has 1 fully saturated rings. The van der Waals surface area contributed by atoms with Gasteiger partial charge in [0, 0.05) is 0 Å². The minimum absolute atomic E-state index is 0.0515. The van der Waals surface area contributed by atoms with Crippen LogP contribution in [0.1, 0.15) is 49.4 Å². The van der Waals surface area contributed by atoms with Crippen molar-refractivity contribution >= 4 is 5.97 Å². The standard InChI is InChI=1S/C14H17FO3/c1-2-14(7-3-4-8-14)18-12-9-10(13(16)17)5-6-11(12)15/h5-6,9H,2-4,7-8H2,1H3,(H,16,17). The van der Waals surface area contributed by atoms with Gasteiger partial charge in [-0.05, 0) is 50.3 Å². The number of carboxylic acid groups (broad SMARTS) is 1. The van der Waals surface area contributed by atoms with Gasteiger partial charge in [-0.3, -0.25) is 0 Å². The molecule has 0 unspecified atom stereocenters. The molecule has 0 atom stereocenters. The maximum atomic E-state index is 13.7. The highest BCUT2D eigenvalue weighted by atomic mass is 19.1. The predicted octanol–water partition coefficient (Wildman–Crippen LogP) is 3.63. The minimum atomic E-state index is -1.07. The summed E-state index contributed by atoms with van der Waals surface area (Å²) in [5, 5.41) is 8.90. The van der Waals surface area contributed by atoms with Gasteiger partial charge in [-0.15, -0.1) is 0 Å². The molecule has 1 saturated carbocycles. The van der Waals surface area contributed by atoms with Crippen LogP contribution in [0.25, 0.3) is 0 Å². The van der Waals surface area contributed by atoms with E-state index in [0.29, 0.717) is 0 Å². The van der Waals surface area contributed by atoms with Crippen molar-refractivity contribution in [2.75, 3.05) is 0 Å². The summed E-state index contributed by atoms with van der Waals surface area (Å²) in [4.78, 5) is 10.9. The Kier molecular flexibility index (Phi) is 3.55. The first-order valence-corrected chi connectivity index (χ1v) is 6.28. The molecule has 1 aliphatic rings. The van der Waals surface area contributed by atoms with E-state index < -0.39 is 11.8 Å². The third-order valence-corrected chi connectivity index (χ3v) is 3.66. The van der Waals surface area contributed by atoms with Crippen LogP contribution in [0.5, 0.6) is 5.75 Å². The van der Waals surface area contributed by atoms with E-state index in [1.54, 1.807) is 0 Å². The number of ether oxygens (including phenoxy) is 1. The maximum Gasteiger partial charge on any atom is 0.335 e. The summed E-state index contributed by atoms with van der Waals surface area (Å²) in [6.07, 6.45) is 4.77. The summed E-state index contributed by atoms with van der Waals surface area (Å²) in [6, 6.07) is 3.67. The van der Waals surface area contributed by atoms with Gasteiger partial charge >= 0.3 is 5.97 Å². The van der Waals surface area contributed by atoms with Crippen LogP contribution in [0, 0.1) is 5.82 Å². The Labute approximate surface area is 106 Å². The summed E-state index contributed by atoms with van der Waals surface area (Å²) in [5.74, 6) is -1.52. The van der Waals surface area contributed by atoms with E-state index >= 15 is 0 Å². The zero-order valence-electron chi connectivity index (χ0n) is 10.4. The molecule has 0 aliphatic heterocycles. The van der Waals surface area contributed by atoms with Gasteiger partial charge in [0.1, 0.15) is 5.60 Å². The van der Waals surface area contributed by atoms with E-state index in [9.17, 15) is 9.18 Å². The summed E-state index contributed by atoms with van der Waals surface area (Å²) in [7, 11) is 0. The smallest absolute Gasteiger partial charge is 0.335 e. The number of benzene rings is 1. The number of rotatable bonds is 4. The molecule has 0 radical (unpaired) electrons. The average molecular weight is 252 g/mol. The lowest BCUT2D eigenvalue weighted by atomic mass is 9.98. The average Bonchev–Trinajstić information content (AvgIpc) is 2.81. The lowest BCUT2D eigenvalue weighted by Gasteiger charge is -2.29. The number of carboxylic acids is 1. The Balaban J connectivity index is 2.27. The number of aromatic carboxylic acids is 1. The second-order valence-corrected chi connectivity index (χ2v) is 4.80. The molecule has 3 nitrogen and oxygen atoms in total. The van der Waals surface area contributed by atoms with Crippen molar-refractivity contribution < 1.29 is 19.0 Å². The summed E-state index contributed by atoms with van der Waals surface area (Å²) in [5.41, 5.74) is -0.270. The fraction of sp³-hybridized carbons (Fsp3) is 0.500. The molecule has 18 heavy (non-hydrogen) atoms. The van der Waals surface area contributed by atoms with Gasteiger partial charge in [0.15, 0.2) is 11.6 Å². The number of hydrogen-bond acceptors (Lipinski definition) is 2. The molecule has 1 aliphatic carbocycles. The first kappa shape index (κ1) is 12.9. The molecule has 0 spiro atoms. The highest BCUT2D eigenvalue weighted by Gasteiger charge is 2.35. The van der Waals surface area contributed by atoms with Gasteiger partial charge in [0.2, 0.25) is 0 Å². The molecular formula is C14H17FO3. The summed E-state index contributed by atoms with van der Waals surface area (Å²) in [6.45, 7) is 2.02. The monoisotopic (exact) mass is 252 g/mol. The van der Waals surface area contributed by atoms with Crippen LogP contribution < -0.4 is 4.74 Å². The fourth-order valence-corrected chi connectivity index (χ4v) is 2.49. The topological polar surface area (TPSA) is 46.5 Å². The molecule has 0 aromatic heterocycles. The van der Waals surface area contributed by atoms with E-state index in [1.807, 2.05) is 6.92 Å². The van der Waals surface area contributed by atoms with Crippen molar-refractivity contribution in [3.63, 3.8) is 0 Å². The molecule has 1 N–H and O–H groups in total. The number of hydrogen-bond donors (Lipinski definition) is 1. The van der Waals surface area contributed by atoms with E-state index in [4.69, 9.17) is 9.84 Å². The van der Waals surface area contributed by atoms with Crippen molar-refractivity contribution in [1.82, 2.24) is 0 Å². The van der Waals surface area contributed by atoms with Crippen molar-refractivity contribution in [1.29, 1.82) is 0 Å². The Bertz CT molecular complexity index is 450. The molecule has 2 rings (SSSR count). The molecule has 4 heteroatoms. The molecule has 0 bridgehead atoms. The van der Waals surface area contributed by atoms with E-state index in [0.717, 1.165) is 38.2 Å². The van der Waals surface area contributed by atoms with Crippen molar-refractivity contribution in [2.24, 2.45) is 0 Å². The quantitative estimate of drug-likeness (QED) is 0.890. The zero-order valence-corrected chi connectivity index (χ0v) is 10.4. The second kappa shape index (κ2) is 4.96. The van der Waals surface area contributed by atoms with Crippen LogP contribution in [0.4, 0.5) is 4.39 Å². The van der Waals surface area contributed by atoms with Crippen LogP contribution in [0.2, 0.25) is 0 Å². The largest absolute Gasteiger partial charge is 0.484 e. The highest BCUT2D eigenvalue weighted by molar-refractivity contribution is 5.88. The lowest BCUT2D eigenvalue weighted by Crippen LogP contribution is -2.32. The van der Waals surface area contributed by atoms with Crippen LogP contribution in [-0.2, 0) is 0 Å². The number of halogens is 1. The molecule has 1 aromatic rings. The third-order valence-electron chi connectivity index (χ3n) is 3.66. The van der Waals surface area contributed by atoms with Crippen LogP contribution >= 0.6 is 0 Å². The van der Waals surface area contributed by atoms with Crippen LogP contribution in [0.15, 0.2) is 18.2 Å². The van der Waals surface area contributed by atoms with Gasteiger partial charge < -0.3 is 9.84 Å². The second-order valence-electron chi connectivity index (χ2n) is 4.80. The van der Waals surface area contributed by atoms with Crippen LogP contribution in [-0.4, -0.2) is 16.7 Å². The predicted molar refractivity (Wildman–Crippen MR) is 65.5 cm³/mol. The van der Waals surface area contributed by atoms with E-state index in [-0.39, 0.29) is 16.9 Å². The van der Waals surface area contributed by atoms with Crippen LogP contribution in [0.3, 0.4) is 0 Å². The first-order chi connectivity index (χ1) is 8.56. The normalized spacial score (nSPS) is 17.7. The number of carbonyl (C=O) groups is 1. The molecule has 0 amide bonds. The van der Waals surface area contributed by atoms with Gasteiger partial charge in [-0.25, -0.2) is 9.18 Å². The minimum Gasteiger partial charge on any atom is -0.484 e. The van der Waals surface area contributed by atoms with E-state index in [1.165, 1.54) is 12.1 Å². The van der Waals surface area contributed by atoms with Crippen molar-refractivity contribution in [3.8, 4) is 5.75 Å². The van der Waals surface area contributed by atoms with Gasteiger partial charge in [-0.2, -0.15) is 0 Å². The van der Waals surface area contributed by atoms with Crippen molar-refractivity contribution in [3.05, 3.63) is 29.6 Å².